The Bertz CT molecular complexity index is 1220. The van der Waals surface area contributed by atoms with Gasteiger partial charge in [-0.15, -0.1) is 0 Å². The Morgan fingerprint density at radius 1 is 0.743 bits per heavy atom. The first-order chi connectivity index (χ1) is 16.7. The Labute approximate surface area is 208 Å². The van der Waals surface area contributed by atoms with Crippen LogP contribution < -0.4 is 10.6 Å². The van der Waals surface area contributed by atoms with Crippen molar-refractivity contribution in [3.05, 3.63) is 72.2 Å². The second-order valence-corrected chi connectivity index (χ2v) is 9.32. The van der Waals surface area contributed by atoms with Gasteiger partial charge in [-0.2, -0.15) is 0 Å². The topological polar surface area (TPSA) is 90.8 Å². The monoisotopic (exact) mass is 480 g/mol. The Balaban J connectivity index is 0.000000196. The van der Waals surface area contributed by atoms with Crippen molar-refractivity contribution in [2.45, 2.75) is 70.2 Å². The minimum atomic E-state index is -0.847. The van der Waals surface area contributed by atoms with Crippen LogP contribution in [0.3, 0.4) is 0 Å². The lowest BCUT2D eigenvalue weighted by Crippen LogP contribution is -2.45. The number of aliphatic hydroxyl groups is 2. The van der Waals surface area contributed by atoms with Crippen LogP contribution in [0.25, 0.3) is 21.9 Å². The molecule has 0 fully saturated rings. The molecule has 0 amide bonds. The lowest BCUT2D eigenvalue weighted by molar-refractivity contribution is -0.00406. The van der Waals surface area contributed by atoms with Gasteiger partial charge in [-0.3, -0.25) is 0 Å². The van der Waals surface area contributed by atoms with Gasteiger partial charge in [-0.05, 0) is 88.3 Å². The Morgan fingerprint density at radius 3 is 1.63 bits per heavy atom. The summed E-state index contributed by atoms with van der Waals surface area (Å²) in [6.45, 7) is 8.08. The van der Waals surface area contributed by atoms with Gasteiger partial charge in [0.25, 0.3) is 0 Å². The molecule has 0 radical (unpaired) electrons. The minimum absolute atomic E-state index is 0.00167. The molecule has 0 spiro atoms. The average molecular weight is 481 g/mol. The summed E-state index contributed by atoms with van der Waals surface area (Å²) < 4.78 is 10.6. The van der Waals surface area contributed by atoms with Crippen LogP contribution in [-0.2, 0) is 11.2 Å². The molecule has 0 saturated carbocycles. The Morgan fingerprint density at radius 2 is 1.20 bits per heavy atom. The molecular formula is C29H40N2O4. The van der Waals surface area contributed by atoms with Crippen LogP contribution >= 0.6 is 0 Å². The van der Waals surface area contributed by atoms with E-state index < -0.39 is 11.2 Å². The van der Waals surface area contributed by atoms with Crippen molar-refractivity contribution in [3.8, 4) is 0 Å². The Kier molecular flexibility index (Phi) is 8.78. The van der Waals surface area contributed by atoms with Crippen LogP contribution in [0.1, 0.15) is 58.1 Å². The van der Waals surface area contributed by atoms with E-state index in [0.29, 0.717) is 6.42 Å². The molecule has 6 heteroatoms. The number of furan rings is 2. The highest BCUT2D eigenvalue weighted by Crippen LogP contribution is 2.33. The van der Waals surface area contributed by atoms with Crippen LogP contribution in [0.15, 0.2) is 69.9 Å². The van der Waals surface area contributed by atoms with Gasteiger partial charge < -0.3 is 29.7 Å². The number of benzene rings is 2. The smallest absolute Gasteiger partial charge is 0.133 e. The van der Waals surface area contributed by atoms with E-state index in [2.05, 4.69) is 17.6 Å². The first-order valence-electron chi connectivity index (χ1n) is 12.5. The minimum Gasteiger partial charge on any atom is -0.464 e. The Hall–Kier alpha value is -2.64. The summed E-state index contributed by atoms with van der Waals surface area (Å²) in [5.74, 6) is 0. The number of fused-ring (bicyclic) bond motifs is 2. The predicted molar refractivity (Wildman–Crippen MR) is 142 cm³/mol. The molecule has 4 N–H and O–H groups in total. The SMILES string of the molecule is CCC(O)(c1ccc2occc2c1)C(C)NC.CCCC(O)(c1ccc2occc2c1)C(C)NC. The van der Waals surface area contributed by atoms with Gasteiger partial charge in [0.2, 0.25) is 0 Å². The largest absolute Gasteiger partial charge is 0.464 e. The highest BCUT2D eigenvalue weighted by molar-refractivity contribution is 5.78. The van der Waals surface area contributed by atoms with Crippen molar-refractivity contribution in [3.63, 3.8) is 0 Å². The van der Waals surface area contributed by atoms with E-state index in [4.69, 9.17) is 8.83 Å². The summed E-state index contributed by atoms with van der Waals surface area (Å²) in [6, 6.07) is 15.6. The van der Waals surface area contributed by atoms with Crippen molar-refractivity contribution in [1.29, 1.82) is 0 Å². The molecule has 0 saturated heterocycles. The quantitative estimate of drug-likeness (QED) is 0.247. The number of likely N-dealkylation sites (N-methyl/N-ethyl adjacent to an activating group) is 2. The molecule has 4 unspecified atom stereocenters. The highest BCUT2D eigenvalue weighted by Gasteiger charge is 2.34. The van der Waals surface area contributed by atoms with E-state index in [9.17, 15) is 10.2 Å². The number of hydrogen-bond acceptors (Lipinski definition) is 6. The molecule has 2 aromatic carbocycles. The zero-order valence-electron chi connectivity index (χ0n) is 21.8. The van der Waals surface area contributed by atoms with Crippen LogP contribution in [0.4, 0.5) is 0 Å². The van der Waals surface area contributed by atoms with Crippen molar-refractivity contribution >= 4 is 21.9 Å². The highest BCUT2D eigenvalue weighted by atomic mass is 16.3. The maximum absolute atomic E-state index is 11.0. The third-order valence-electron chi connectivity index (χ3n) is 7.37. The van der Waals surface area contributed by atoms with Gasteiger partial charge in [0.15, 0.2) is 0 Å². The maximum atomic E-state index is 11.0. The summed E-state index contributed by atoms with van der Waals surface area (Å²) in [5, 5.41) is 30.1. The van der Waals surface area contributed by atoms with E-state index in [0.717, 1.165) is 45.9 Å². The standard InChI is InChI=1S/C15H21NO2.C14H19NO2/c1-4-8-15(17,11(2)16-3)13-5-6-14-12(10-13)7-9-18-14;1-4-14(16,10(2)15-3)12-5-6-13-11(9-12)7-8-17-13/h5-7,9-11,16-17H,4,8H2,1-3H3;5-10,15-16H,4H2,1-3H3. The van der Waals surface area contributed by atoms with Crippen molar-refractivity contribution < 1.29 is 19.0 Å². The van der Waals surface area contributed by atoms with Gasteiger partial charge in [-0.1, -0.05) is 32.4 Å². The van der Waals surface area contributed by atoms with E-state index in [-0.39, 0.29) is 12.1 Å². The van der Waals surface area contributed by atoms with Crippen LogP contribution in [0, 0.1) is 0 Å². The molecule has 190 valence electrons. The van der Waals surface area contributed by atoms with Gasteiger partial charge >= 0.3 is 0 Å². The third-order valence-corrected chi connectivity index (χ3v) is 7.37. The van der Waals surface area contributed by atoms with Crippen molar-refractivity contribution in [2.75, 3.05) is 14.1 Å². The van der Waals surface area contributed by atoms with E-state index in [1.807, 2.05) is 83.4 Å². The fraction of sp³-hybridized carbons (Fsp3) is 0.448. The van der Waals surface area contributed by atoms with Gasteiger partial charge in [0.05, 0.1) is 12.5 Å². The molecule has 4 rings (SSSR count). The zero-order valence-corrected chi connectivity index (χ0v) is 21.8. The van der Waals surface area contributed by atoms with Gasteiger partial charge in [0.1, 0.15) is 22.4 Å². The molecule has 2 heterocycles. The van der Waals surface area contributed by atoms with Crippen LogP contribution in [0.5, 0.6) is 0 Å². The van der Waals surface area contributed by atoms with Gasteiger partial charge in [-0.25, -0.2) is 0 Å². The fourth-order valence-electron chi connectivity index (χ4n) is 4.70. The molecule has 2 aromatic heterocycles. The second-order valence-electron chi connectivity index (χ2n) is 9.32. The molecule has 0 aliphatic rings. The van der Waals surface area contributed by atoms with E-state index in [1.165, 1.54) is 0 Å². The molecule has 35 heavy (non-hydrogen) atoms. The van der Waals surface area contributed by atoms with Crippen LogP contribution in [-0.4, -0.2) is 36.4 Å². The molecule has 4 atom stereocenters. The number of rotatable bonds is 9. The summed E-state index contributed by atoms with van der Waals surface area (Å²) in [4.78, 5) is 0. The summed E-state index contributed by atoms with van der Waals surface area (Å²) in [7, 11) is 3.74. The molecular weight excluding hydrogens is 440 g/mol. The fourth-order valence-corrected chi connectivity index (χ4v) is 4.70. The number of hydrogen-bond donors (Lipinski definition) is 4. The predicted octanol–water partition coefficient (Wildman–Crippen LogP) is 5.67. The summed E-state index contributed by atoms with van der Waals surface area (Å²) in [6.07, 6.45) is 5.68. The second kappa shape index (κ2) is 11.4. The molecule has 6 nitrogen and oxygen atoms in total. The molecule has 4 aromatic rings. The summed E-state index contributed by atoms with van der Waals surface area (Å²) in [5.41, 5.74) is 1.89. The maximum Gasteiger partial charge on any atom is 0.133 e. The van der Waals surface area contributed by atoms with Gasteiger partial charge in [0, 0.05) is 22.9 Å². The zero-order chi connectivity index (χ0) is 25.6. The molecule has 0 aliphatic heterocycles. The number of nitrogens with one attached hydrogen (secondary N) is 2. The molecule has 0 aliphatic carbocycles. The third kappa shape index (κ3) is 5.46. The van der Waals surface area contributed by atoms with Crippen molar-refractivity contribution in [2.24, 2.45) is 0 Å². The normalized spacial score (nSPS) is 16.8. The molecule has 0 bridgehead atoms. The van der Waals surface area contributed by atoms with Crippen molar-refractivity contribution in [1.82, 2.24) is 10.6 Å². The first-order valence-corrected chi connectivity index (χ1v) is 12.5. The van der Waals surface area contributed by atoms with E-state index >= 15 is 0 Å². The van der Waals surface area contributed by atoms with E-state index in [1.54, 1.807) is 12.5 Å². The lowest BCUT2D eigenvalue weighted by Gasteiger charge is -2.34. The van der Waals surface area contributed by atoms with Crippen LogP contribution in [0.2, 0.25) is 0 Å². The summed E-state index contributed by atoms with van der Waals surface area (Å²) >= 11 is 0. The lowest BCUT2D eigenvalue weighted by atomic mass is 9.83. The first kappa shape index (κ1) is 27.0. The average Bonchev–Trinajstić information content (AvgIpc) is 3.56.